The van der Waals surface area contributed by atoms with Gasteiger partial charge in [0.1, 0.15) is 5.01 Å². The zero-order valence-corrected chi connectivity index (χ0v) is 13.5. The van der Waals surface area contributed by atoms with Gasteiger partial charge in [-0.15, -0.1) is 17.9 Å². The predicted molar refractivity (Wildman–Crippen MR) is 91.4 cm³/mol. The van der Waals surface area contributed by atoms with Gasteiger partial charge in [0, 0.05) is 12.6 Å². The van der Waals surface area contributed by atoms with Crippen LogP contribution in [0.1, 0.15) is 5.01 Å². The van der Waals surface area contributed by atoms with Crippen molar-refractivity contribution in [2.45, 2.75) is 0 Å². The highest BCUT2D eigenvalue weighted by Crippen LogP contribution is 2.22. The Hall–Kier alpha value is -3.00. The van der Waals surface area contributed by atoms with Crippen molar-refractivity contribution in [2.75, 3.05) is 13.2 Å². The van der Waals surface area contributed by atoms with E-state index < -0.39 is 24.5 Å². The van der Waals surface area contributed by atoms with Gasteiger partial charge in [-0.1, -0.05) is 18.2 Å². The van der Waals surface area contributed by atoms with E-state index in [1.165, 1.54) is 29.6 Å². The van der Waals surface area contributed by atoms with Crippen LogP contribution in [0.4, 0.5) is 4.79 Å². The number of para-hydroxylation sites is 1. The highest BCUT2D eigenvalue weighted by Gasteiger charge is 2.09. The summed E-state index contributed by atoms with van der Waals surface area (Å²) in [6.07, 6.45) is 4.17. The number of hydrogen-bond donors (Lipinski definition) is 2. The Morgan fingerprint density at radius 3 is 2.83 bits per heavy atom. The molecule has 0 unspecified atom stereocenters. The van der Waals surface area contributed by atoms with Crippen molar-refractivity contribution in [1.82, 2.24) is 15.6 Å². The van der Waals surface area contributed by atoms with Crippen molar-refractivity contribution in [3.63, 3.8) is 0 Å². The van der Waals surface area contributed by atoms with Gasteiger partial charge in [-0.2, -0.15) is 0 Å². The molecule has 24 heavy (non-hydrogen) atoms. The smallest absolute Gasteiger partial charge is 0.331 e. The van der Waals surface area contributed by atoms with Crippen LogP contribution in [0.3, 0.4) is 0 Å². The molecule has 2 aromatic rings. The van der Waals surface area contributed by atoms with Gasteiger partial charge in [0.2, 0.25) is 0 Å². The number of carbonyl (C=O) groups is 3. The lowest BCUT2D eigenvalue weighted by Gasteiger charge is -2.04. The molecule has 0 atom stereocenters. The van der Waals surface area contributed by atoms with Gasteiger partial charge in [-0.05, 0) is 18.2 Å². The molecule has 1 aromatic heterocycles. The van der Waals surface area contributed by atoms with Gasteiger partial charge in [0.25, 0.3) is 5.91 Å². The Bertz CT molecular complexity index is 764. The number of ether oxygens (including phenoxy) is 1. The first-order chi connectivity index (χ1) is 11.6. The first-order valence-electron chi connectivity index (χ1n) is 6.97. The van der Waals surface area contributed by atoms with Crippen LogP contribution in [0.2, 0.25) is 0 Å². The average Bonchev–Trinajstić information content (AvgIpc) is 2.99. The molecule has 0 fully saturated rings. The number of nitrogens with zero attached hydrogens (tertiary/aromatic N) is 1. The Balaban J connectivity index is 1.79. The van der Waals surface area contributed by atoms with E-state index >= 15 is 0 Å². The topological polar surface area (TPSA) is 97.4 Å². The molecule has 0 aliphatic carbocycles. The van der Waals surface area contributed by atoms with Crippen LogP contribution in [-0.4, -0.2) is 36.0 Å². The van der Waals surface area contributed by atoms with Crippen LogP contribution in [0.15, 0.2) is 43.0 Å². The molecule has 0 radical (unpaired) electrons. The molecule has 0 aliphatic heterocycles. The number of fused-ring (bicyclic) bond motifs is 1. The Morgan fingerprint density at radius 2 is 2.08 bits per heavy atom. The number of aromatic nitrogens is 1. The summed E-state index contributed by atoms with van der Waals surface area (Å²) in [5, 5.41) is 5.03. The number of esters is 1. The lowest BCUT2D eigenvalue weighted by molar-refractivity contribution is -0.143. The van der Waals surface area contributed by atoms with Gasteiger partial charge < -0.3 is 10.1 Å². The number of hydrogen-bond acceptors (Lipinski definition) is 6. The quantitative estimate of drug-likeness (QED) is 0.473. The van der Waals surface area contributed by atoms with Crippen molar-refractivity contribution in [1.29, 1.82) is 0 Å². The van der Waals surface area contributed by atoms with Crippen LogP contribution < -0.4 is 10.6 Å². The van der Waals surface area contributed by atoms with Crippen LogP contribution >= 0.6 is 11.3 Å². The highest BCUT2D eigenvalue weighted by molar-refractivity contribution is 7.19. The van der Waals surface area contributed by atoms with Gasteiger partial charge >= 0.3 is 12.0 Å². The van der Waals surface area contributed by atoms with Crippen LogP contribution in [0.25, 0.3) is 16.3 Å². The van der Waals surface area contributed by atoms with Crippen molar-refractivity contribution in [2.24, 2.45) is 0 Å². The monoisotopic (exact) mass is 345 g/mol. The highest BCUT2D eigenvalue weighted by atomic mass is 32.1. The van der Waals surface area contributed by atoms with Crippen LogP contribution in [0, 0.1) is 0 Å². The summed E-state index contributed by atoms with van der Waals surface area (Å²) >= 11 is 1.43. The Morgan fingerprint density at radius 1 is 1.29 bits per heavy atom. The first-order valence-corrected chi connectivity index (χ1v) is 7.79. The third kappa shape index (κ3) is 5.33. The number of imide groups is 1. The maximum Gasteiger partial charge on any atom is 0.331 e. The van der Waals surface area contributed by atoms with Gasteiger partial charge in [-0.25, -0.2) is 14.6 Å². The molecular formula is C16H15N3O4S. The molecule has 0 aliphatic rings. The molecule has 124 valence electrons. The third-order valence-corrected chi connectivity index (χ3v) is 3.68. The molecule has 0 bridgehead atoms. The molecule has 2 rings (SSSR count). The summed E-state index contributed by atoms with van der Waals surface area (Å²) in [6, 6.07) is 6.92. The summed E-state index contributed by atoms with van der Waals surface area (Å²) < 4.78 is 5.75. The van der Waals surface area contributed by atoms with Gasteiger partial charge in [0.15, 0.2) is 6.61 Å². The minimum Gasteiger partial charge on any atom is -0.452 e. The van der Waals surface area contributed by atoms with E-state index in [0.29, 0.717) is 5.01 Å². The number of benzene rings is 1. The minimum atomic E-state index is -0.724. The molecule has 1 heterocycles. The second-order valence-electron chi connectivity index (χ2n) is 4.51. The number of nitrogens with one attached hydrogen (secondary N) is 2. The SMILES string of the molecule is C=CCNC(=O)NC(=O)COC(=O)/C=C/c1nc2ccccc2s1. The summed E-state index contributed by atoms with van der Waals surface area (Å²) in [5.74, 6) is -1.42. The molecule has 1 aromatic carbocycles. The van der Waals surface area contributed by atoms with Crippen molar-refractivity contribution in [3.05, 3.63) is 48.0 Å². The molecule has 0 saturated heterocycles. The standard InChI is InChI=1S/C16H15N3O4S/c1-2-9-17-16(22)19-13(20)10-23-15(21)8-7-14-18-11-5-3-4-6-12(11)24-14/h2-8H,1,9-10H2,(H2,17,19,20,22)/b8-7+. The van der Waals surface area contributed by atoms with Crippen molar-refractivity contribution < 1.29 is 19.1 Å². The van der Waals surface area contributed by atoms with E-state index in [9.17, 15) is 14.4 Å². The van der Waals surface area contributed by atoms with Gasteiger partial charge in [0.05, 0.1) is 10.2 Å². The third-order valence-electron chi connectivity index (χ3n) is 2.68. The molecule has 7 nitrogen and oxygen atoms in total. The van der Waals surface area contributed by atoms with E-state index in [-0.39, 0.29) is 6.54 Å². The fraction of sp³-hybridized carbons (Fsp3) is 0.125. The maximum atomic E-state index is 11.6. The zero-order chi connectivity index (χ0) is 17.4. The van der Waals surface area contributed by atoms with Crippen LogP contribution in [0.5, 0.6) is 0 Å². The first kappa shape index (κ1) is 17.4. The average molecular weight is 345 g/mol. The molecule has 0 saturated carbocycles. The van der Waals surface area contributed by atoms with E-state index in [1.807, 2.05) is 29.6 Å². The fourth-order valence-electron chi connectivity index (χ4n) is 1.66. The summed E-state index contributed by atoms with van der Waals surface area (Å²) in [4.78, 5) is 38.5. The maximum absolute atomic E-state index is 11.6. The number of rotatable bonds is 6. The number of urea groups is 1. The second kappa shape index (κ2) is 8.59. The van der Waals surface area contributed by atoms with Gasteiger partial charge in [-0.3, -0.25) is 10.1 Å². The summed E-state index contributed by atoms with van der Waals surface area (Å²) in [6.45, 7) is 3.10. The molecule has 3 amide bonds. The lowest BCUT2D eigenvalue weighted by Crippen LogP contribution is -2.41. The largest absolute Gasteiger partial charge is 0.452 e. The van der Waals surface area contributed by atoms with Crippen molar-refractivity contribution in [3.8, 4) is 0 Å². The molecule has 8 heteroatoms. The normalized spacial score (nSPS) is 10.5. The lowest BCUT2D eigenvalue weighted by atomic mass is 10.3. The minimum absolute atomic E-state index is 0.226. The Labute approximate surface area is 142 Å². The fourth-order valence-corrected chi connectivity index (χ4v) is 2.53. The molecular weight excluding hydrogens is 330 g/mol. The number of thiazole rings is 1. The molecule has 2 N–H and O–H groups in total. The predicted octanol–water partition coefficient (Wildman–Crippen LogP) is 1.86. The van der Waals surface area contributed by atoms with E-state index in [4.69, 9.17) is 4.74 Å². The van der Waals surface area contributed by atoms with E-state index in [1.54, 1.807) is 0 Å². The summed E-state index contributed by atoms with van der Waals surface area (Å²) in [5.41, 5.74) is 0.848. The van der Waals surface area contributed by atoms with Crippen LogP contribution in [-0.2, 0) is 14.3 Å². The number of carbonyl (C=O) groups excluding carboxylic acids is 3. The summed E-state index contributed by atoms with van der Waals surface area (Å²) in [7, 11) is 0. The zero-order valence-electron chi connectivity index (χ0n) is 12.7. The van der Waals surface area contributed by atoms with E-state index in [0.717, 1.165) is 10.2 Å². The van der Waals surface area contributed by atoms with Crippen molar-refractivity contribution >= 4 is 45.5 Å². The van der Waals surface area contributed by atoms with E-state index in [2.05, 4.69) is 16.9 Å². The number of amides is 3. The Kier molecular flexibility index (Phi) is 6.21. The molecule has 0 spiro atoms. The second-order valence-corrected chi connectivity index (χ2v) is 5.57.